The van der Waals surface area contributed by atoms with Crippen molar-refractivity contribution < 1.29 is 26.7 Å². The van der Waals surface area contributed by atoms with Gasteiger partial charge in [0.2, 0.25) is 15.9 Å². The molecule has 0 saturated carbocycles. The van der Waals surface area contributed by atoms with E-state index in [-0.39, 0.29) is 23.9 Å². The van der Waals surface area contributed by atoms with Crippen molar-refractivity contribution in [2.75, 3.05) is 33.3 Å². The number of ether oxygens (including phenoxy) is 1. The first-order chi connectivity index (χ1) is 14.7. The van der Waals surface area contributed by atoms with Crippen LogP contribution in [0, 0.1) is 11.6 Å². The van der Waals surface area contributed by atoms with Gasteiger partial charge in [0.05, 0.1) is 18.0 Å². The Morgan fingerprint density at radius 1 is 1.06 bits per heavy atom. The number of amides is 1. The monoisotopic (exact) mass is 453 g/mol. The van der Waals surface area contributed by atoms with Gasteiger partial charge >= 0.3 is 0 Å². The van der Waals surface area contributed by atoms with E-state index in [4.69, 9.17) is 4.74 Å². The molecule has 0 aliphatic carbocycles. The van der Waals surface area contributed by atoms with Crippen LogP contribution in [0.25, 0.3) is 0 Å². The van der Waals surface area contributed by atoms with Crippen molar-refractivity contribution in [3.05, 3.63) is 59.7 Å². The van der Waals surface area contributed by atoms with Crippen LogP contribution < -0.4 is 10.1 Å². The van der Waals surface area contributed by atoms with Crippen LogP contribution in [0.5, 0.6) is 5.75 Å². The Labute approximate surface area is 180 Å². The molecular formula is C21H25F2N3O4S. The summed E-state index contributed by atoms with van der Waals surface area (Å²) in [5, 5.41) is 2.88. The standard InChI is InChI=1S/C21H25F2N3O4S/c1-15(21(27)24-14-16-3-5-17(30-2)6-4-16)25-9-11-26(12-10-25)31(28,29)18-7-8-19(22)20(23)13-18/h3-8,13,15H,9-12,14H2,1-2H3,(H,24,27). The highest BCUT2D eigenvalue weighted by atomic mass is 32.2. The number of rotatable bonds is 7. The fourth-order valence-electron chi connectivity index (χ4n) is 3.36. The fraction of sp³-hybridized carbons (Fsp3) is 0.381. The van der Waals surface area contributed by atoms with Gasteiger partial charge in [-0.1, -0.05) is 12.1 Å². The lowest BCUT2D eigenvalue weighted by Gasteiger charge is -2.36. The summed E-state index contributed by atoms with van der Waals surface area (Å²) in [5.74, 6) is -1.73. The Morgan fingerprint density at radius 2 is 1.71 bits per heavy atom. The van der Waals surface area contributed by atoms with Gasteiger partial charge in [0.25, 0.3) is 0 Å². The van der Waals surface area contributed by atoms with E-state index in [1.165, 1.54) is 4.31 Å². The molecule has 0 bridgehead atoms. The predicted molar refractivity (Wildman–Crippen MR) is 111 cm³/mol. The Balaban J connectivity index is 1.54. The fourth-order valence-corrected chi connectivity index (χ4v) is 4.80. The maximum absolute atomic E-state index is 13.4. The average molecular weight is 454 g/mol. The lowest BCUT2D eigenvalue weighted by Crippen LogP contribution is -2.54. The molecule has 1 N–H and O–H groups in total. The van der Waals surface area contributed by atoms with E-state index in [1.54, 1.807) is 14.0 Å². The Bertz CT molecular complexity index is 1020. The molecule has 1 saturated heterocycles. The van der Waals surface area contributed by atoms with Crippen molar-refractivity contribution in [3.8, 4) is 5.75 Å². The third kappa shape index (κ3) is 5.38. The molecule has 1 heterocycles. The summed E-state index contributed by atoms with van der Waals surface area (Å²) in [6.07, 6.45) is 0. The first kappa shape index (κ1) is 23.1. The third-order valence-electron chi connectivity index (χ3n) is 5.36. The second-order valence-corrected chi connectivity index (χ2v) is 9.20. The first-order valence-electron chi connectivity index (χ1n) is 9.82. The van der Waals surface area contributed by atoms with E-state index in [9.17, 15) is 22.0 Å². The summed E-state index contributed by atoms with van der Waals surface area (Å²) in [6, 6.07) is 9.47. The van der Waals surface area contributed by atoms with Crippen LogP contribution in [0.15, 0.2) is 47.4 Å². The maximum atomic E-state index is 13.4. The quantitative estimate of drug-likeness (QED) is 0.694. The highest BCUT2D eigenvalue weighted by Crippen LogP contribution is 2.20. The molecule has 1 amide bonds. The number of nitrogens with one attached hydrogen (secondary N) is 1. The minimum absolute atomic E-state index is 0.150. The number of nitrogens with zero attached hydrogens (tertiary/aromatic N) is 2. The lowest BCUT2D eigenvalue weighted by atomic mass is 10.2. The number of piperazine rings is 1. The lowest BCUT2D eigenvalue weighted by molar-refractivity contribution is -0.126. The largest absolute Gasteiger partial charge is 0.497 e. The predicted octanol–water partition coefficient (Wildman–Crippen LogP) is 1.98. The number of hydrogen-bond acceptors (Lipinski definition) is 5. The van der Waals surface area contributed by atoms with E-state index in [0.29, 0.717) is 25.7 Å². The van der Waals surface area contributed by atoms with Gasteiger partial charge in [-0.05, 0) is 42.8 Å². The molecule has 2 aromatic carbocycles. The summed E-state index contributed by atoms with van der Waals surface area (Å²) < 4.78 is 58.3. The second-order valence-electron chi connectivity index (χ2n) is 7.26. The SMILES string of the molecule is COc1ccc(CNC(=O)C(C)N2CCN(S(=O)(=O)c3ccc(F)c(F)c3)CC2)cc1. The molecule has 1 atom stereocenters. The van der Waals surface area contributed by atoms with Gasteiger partial charge in [-0.3, -0.25) is 9.69 Å². The van der Waals surface area contributed by atoms with Crippen molar-refractivity contribution >= 4 is 15.9 Å². The van der Waals surface area contributed by atoms with E-state index < -0.39 is 27.7 Å². The molecule has 31 heavy (non-hydrogen) atoms. The number of sulfonamides is 1. The summed E-state index contributed by atoms with van der Waals surface area (Å²) >= 11 is 0. The topological polar surface area (TPSA) is 79.0 Å². The molecular weight excluding hydrogens is 428 g/mol. The Kier molecular flexibility index (Phi) is 7.24. The summed E-state index contributed by atoms with van der Waals surface area (Å²) in [4.78, 5) is 14.1. The van der Waals surface area contributed by atoms with Gasteiger partial charge in [0.1, 0.15) is 5.75 Å². The Morgan fingerprint density at radius 3 is 2.29 bits per heavy atom. The molecule has 0 spiro atoms. The van der Waals surface area contributed by atoms with Gasteiger partial charge in [-0.25, -0.2) is 17.2 Å². The number of hydrogen-bond donors (Lipinski definition) is 1. The van der Waals surface area contributed by atoms with Gasteiger partial charge in [0, 0.05) is 32.7 Å². The Hall–Kier alpha value is -2.56. The third-order valence-corrected chi connectivity index (χ3v) is 7.25. The van der Waals surface area contributed by atoms with Crippen LogP contribution in [-0.4, -0.2) is 62.9 Å². The van der Waals surface area contributed by atoms with Crippen molar-refractivity contribution in [2.24, 2.45) is 0 Å². The van der Waals surface area contributed by atoms with Crippen LogP contribution >= 0.6 is 0 Å². The normalized spacial score (nSPS) is 16.6. The molecule has 1 aliphatic rings. The van der Waals surface area contributed by atoms with E-state index in [0.717, 1.165) is 23.4 Å². The zero-order chi connectivity index (χ0) is 22.6. The number of benzene rings is 2. The van der Waals surface area contributed by atoms with Crippen molar-refractivity contribution in [1.82, 2.24) is 14.5 Å². The molecule has 2 aromatic rings. The number of carbonyl (C=O) groups is 1. The first-order valence-corrected chi connectivity index (χ1v) is 11.3. The molecule has 3 rings (SSSR count). The van der Waals surface area contributed by atoms with Crippen LogP contribution in [0.4, 0.5) is 8.78 Å². The number of carbonyl (C=O) groups excluding carboxylic acids is 1. The summed E-state index contributed by atoms with van der Waals surface area (Å²) in [7, 11) is -2.35. The molecule has 10 heteroatoms. The zero-order valence-corrected chi connectivity index (χ0v) is 18.2. The summed E-state index contributed by atoms with van der Waals surface area (Å²) in [5.41, 5.74) is 0.934. The van der Waals surface area contributed by atoms with Crippen LogP contribution in [0.2, 0.25) is 0 Å². The molecule has 7 nitrogen and oxygen atoms in total. The molecule has 0 aromatic heterocycles. The van der Waals surface area contributed by atoms with Crippen LogP contribution in [0.3, 0.4) is 0 Å². The minimum Gasteiger partial charge on any atom is -0.497 e. The summed E-state index contributed by atoms with van der Waals surface area (Å²) in [6.45, 7) is 3.13. The second kappa shape index (κ2) is 9.71. The molecule has 168 valence electrons. The molecule has 0 radical (unpaired) electrons. The molecule has 1 unspecified atom stereocenters. The molecule has 1 aliphatic heterocycles. The smallest absolute Gasteiger partial charge is 0.243 e. The van der Waals surface area contributed by atoms with Crippen molar-refractivity contribution in [3.63, 3.8) is 0 Å². The highest BCUT2D eigenvalue weighted by molar-refractivity contribution is 7.89. The zero-order valence-electron chi connectivity index (χ0n) is 17.3. The van der Waals surface area contributed by atoms with E-state index in [1.807, 2.05) is 29.2 Å². The van der Waals surface area contributed by atoms with E-state index in [2.05, 4.69) is 5.32 Å². The maximum Gasteiger partial charge on any atom is 0.243 e. The van der Waals surface area contributed by atoms with Crippen LogP contribution in [-0.2, 0) is 21.4 Å². The average Bonchev–Trinajstić information content (AvgIpc) is 2.79. The van der Waals surface area contributed by atoms with E-state index >= 15 is 0 Å². The molecule has 1 fully saturated rings. The van der Waals surface area contributed by atoms with Crippen molar-refractivity contribution in [2.45, 2.75) is 24.4 Å². The highest BCUT2D eigenvalue weighted by Gasteiger charge is 2.32. The van der Waals surface area contributed by atoms with Gasteiger partial charge in [-0.15, -0.1) is 0 Å². The van der Waals surface area contributed by atoms with Gasteiger partial charge in [0.15, 0.2) is 11.6 Å². The van der Waals surface area contributed by atoms with Crippen LogP contribution in [0.1, 0.15) is 12.5 Å². The van der Waals surface area contributed by atoms with Gasteiger partial charge in [-0.2, -0.15) is 4.31 Å². The minimum atomic E-state index is -3.93. The van der Waals surface area contributed by atoms with Crippen molar-refractivity contribution in [1.29, 1.82) is 0 Å². The number of methoxy groups -OCH3 is 1. The number of halogens is 2. The van der Waals surface area contributed by atoms with Gasteiger partial charge < -0.3 is 10.1 Å².